The molecule has 8 heteroatoms. The molecule has 128 valence electrons. The largest absolute Gasteiger partial charge is 0.398 e. The lowest BCUT2D eigenvalue weighted by atomic mass is 10.0. The zero-order valence-corrected chi connectivity index (χ0v) is 13.8. The van der Waals surface area contributed by atoms with Gasteiger partial charge in [0.05, 0.1) is 6.04 Å². The molecule has 5 nitrogen and oxygen atoms in total. The third-order valence-electron chi connectivity index (χ3n) is 3.53. The van der Waals surface area contributed by atoms with E-state index in [-0.39, 0.29) is 6.42 Å². The summed E-state index contributed by atoms with van der Waals surface area (Å²) in [6.07, 6.45) is 0.0179. The smallest absolute Gasteiger partial charge is 0.243 e. The Morgan fingerprint density at radius 2 is 1.83 bits per heavy atom. The summed E-state index contributed by atoms with van der Waals surface area (Å²) < 4.78 is 26.4. The second-order valence-corrected chi connectivity index (χ2v) is 6.00. The van der Waals surface area contributed by atoms with Gasteiger partial charge in [-0.1, -0.05) is 0 Å². The molecule has 1 atom stereocenters. The van der Waals surface area contributed by atoms with E-state index < -0.39 is 23.6 Å². The van der Waals surface area contributed by atoms with Crippen molar-refractivity contribution in [2.45, 2.75) is 17.4 Å². The zero-order valence-electron chi connectivity index (χ0n) is 13.0. The summed E-state index contributed by atoms with van der Waals surface area (Å²) in [7, 11) is 1.55. The number of likely N-dealkylation sites (N-methyl/N-ethyl adjacent to an activating group) is 1. The predicted octanol–water partition coefficient (Wildman–Crippen LogP) is 2.05. The number of carbonyl (C=O) groups is 1. The van der Waals surface area contributed by atoms with Gasteiger partial charge in [-0.15, -0.1) is 0 Å². The van der Waals surface area contributed by atoms with E-state index in [1.807, 2.05) is 0 Å². The fourth-order valence-corrected chi connectivity index (χ4v) is 2.64. The number of amides is 1. The molecular formula is C16H18F2N4OS. The van der Waals surface area contributed by atoms with Crippen molar-refractivity contribution >= 4 is 29.2 Å². The molecule has 0 radical (unpaired) electrons. The summed E-state index contributed by atoms with van der Waals surface area (Å²) in [6.45, 7) is 0. The van der Waals surface area contributed by atoms with Gasteiger partial charge in [-0.3, -0.25) is 9.93 Å². The van der Waals surface area contributed by atoms with Gasteiger partial charge in [0.2, 0.25) is 5.91 Å². The van der Waals surface area contributed by atoms with E-state index in [0.717, 1.165) is 30.1 Å². The minimum absolute atomic E-state index is 0.0179. The van der Waals surface area contributed by atoms with E-state index in [2.05, 4.69) is 0 Å². The first-order valence-electron chi connectivity index (χ1n) is 7.06. The van der Waals surface area contributed by atoms with E-state index in [0.29, 0.717) is 21.8 Å². The maximum absolute atomic E-state index is 13.2. The van der Waals surface area contributed by atoms with Gasteiger partial charge in [0, 0.05) is 29.4 Å². The SMILES string of the molecule is CN(C(=O)C(N)Cc1cc(F)cc(F)c1)c1ccc(SN)c(N)c1. The molecule has 1 amide bonds. The molecule has 0 fully saturated rings. The number of hydrogen-bond acceptors (Lipinski definition) is 5. The Kier molecular flexibility index (Phi) is 5.76. The molecule has 0 aromatic heterocycles. The van der Waals surface area contributed by atoms with Crippen LogP contribution in [-0.2, 0) is 11.2 Å². The molecular weight excluding hydrogens is 334 g/mol. The number of nitrogens with zero attached hydrogens (tertiary/aromatic N) is 1. The first-order chi connectivity index (χ1) is 11.3. The Hall–Kier alpha value is -2.16. The summed E-state index contributed by atoms with van der Waals surface area (Å²) in [6, 6.07) is 7.14. The number of anilines is 2. The highest BCUT2D eigenvalue weighted by molar-refractivity contribution is 7.97. The lowest BCUT2D eigenvalue weighted by Crippen LogP contribution is -2.43. The Labute approximate surface area is 142 Å². The van der Waals surface area contributed by atoms with E-state index >= 15 is 0 Å². The summed E-state index contributed by atoms with van der Waals surface area (Å²) in [4.78, 5) is 14.5. The maximum Gasteiger partial charge on any atom is 0.243 e. The third-order valence-corrected chi connectivity index (χ3v) is 4.16. The minimum Gasteiger partial charge on any atom is -0.398 e. The molecule has 0 saturated carbocycles. The van der Waals surface area contributed by atoms with Crippen molar-refractivity contribution in [1.82, 2.24) is 0 Å². The topological polar surface area (TPSA) is 98.4 Å². The van der Waals surface area contributed by atoms with Crippen molar-refractivity contribution in [3.63, 3.8) is 0 Å². The maximum atomic E-state index is 13.2. The van der Waals surface area contributed by atoms with Crippen molar-refractivity contribution in [2.24, 2.45) is 10.9 Å². The van der Waals surface area contributed by atoms with Crippen LogP contribution in [0.4, 0.5) is 20.2 Å². The normalized spacial score (nSPS) is 12.0. The molecule has 0 bridgehead atoms. The monoisotopic (exact) mass is 352 g/mol. The predicted molar refractivity (Wildman–Crippen MR) is 92.3 cm³/mol. The fourth-order valence-electron chi connectivity index (χ4n) is 2.30. The molecule has 0 saturated heterocycles. The lowest BCUT2D eigenvalue weighted by molar-refractivity contribution is -0.119. The molecule has 0 aliphatic rings. The average Bonchev–Trinajstić information content (AvgIpc) is 2.52. The number of rotatable bonds is 5. The quantitative estimate of drug-likeness (QED) is 0.565. The number of hydrogen-bond donors (Lipinski definition) is 3. The Morgan fingerprint density at radius 3 is 2.38 bits per heavy atom. The van der Waals surface area contributed by atoms with E-state index in [4.69, 9.17) is 16.6 Å². The summed E-state index contributed by atoms with van der Waals surface area (Å²) in [5.41, 5.74) is 13.1. The Bertz CT molecular complexity index is 737. The van der Waals surface area contributed by atoms with Crippen molar-refractivity contribution in [3.05, 3.63) is 53.6 Å². The number of benzene rings is 2. The number of carbonyl (C=O) groups excluding carboxylic acids is 1. The fraction of sp³-hybridized carbons (Fsp3) is 0.188. The van der Waals surface area contributed by atoms with Gasteiger partial charge in [0.1, 0.15) is 11.6 Å². The molecule has 0 heterocycles. The second-order valence-electron chi connectivity index (χ2n) is 5.33. The molecule has 0 aliphatic heterocycles. The van der Waals surface area contributed by atoms with Crippen molar-refractivity contribution < 1.29 is 13.6 Å². The minimum atomic E-state index is -0.944. The van der Waals surface area contributed by atoms with Crippen LogP contribution in [0.2, 0.25) is 0 Å². The highest BCUT2D eigenvalue weighted by atomic mass is 32.2. The van der Waals surface area contributed by atoms with Crippen molar-refractivity contribution in [3.8, 4) is 0 Å². The highest BCUT2D eigenvalue weighted by Crippen LogP contribution is 2.26. The molecule has 6 N–H and O–H groups in total. The van der Waals surface area contributed by atoms with Crippen LogP contribution in [-0.4, -0.2) is 19.0 Å². The van der Waals surface area contributed by atoms with Gasteiger partial charge in [-0.25, -0.2) is 8.78 Å². The van der Waals surface area contributed by atoms with E-state index in [9.17, 15) is 13.6 Å². The van der Waals surface area contributed by atoms with Gasteiger partial charge < -0.3 is 16.4 Å². The van der Waals surface area contributed by atoms with Gasteiger partial charge in [-0.05, 0) is 54.3 Å². The second kappa shape index (κ2) is 7.61. The molecule has 24 heavy (non-hydrogen) atoms. The Morgan fingerprint density at radius 1 is 1.21 bits per heavy atom. The molecule has 2 rings (SSSR count). The van der Waals surface area contributed by atoms with Crippen LogP contribution in [0.1, 0.15) is 5.56 Å². The van der Waals surface area contributed by atoms with Crippen LogP contribution in [0.3, 0.4) is 0 Å². The standard InChI is InChI=1S/C16H18F2N4OS/c1-22(12-2-3-15(24-21)13(19)8-12)16(23)14(20)6-9-4-10(17)7-11(18)5-9/h2-5,7-8,14H,6,19-21H2,1H3. The van der Waals surface area contributed by atoms with Crippen LogP contribution < -0.4 is 21.5 Å². The highest BCUT2D eigenvalue weighted by Gasteiger charge is 2.20. The molecule has 0 aliphatic carbocycles. The first kappa shape index (κ1) is 18.2. The van der Waals surface area contributed by atoms with Gasteiger partial charge in [0.25, 0.3) is 0 Å². The van der Waals surface area contributed by atoms with Crippen molar-refractivity contribution in [1.29, 1.82) is 0 Å². The third kappa shape index (κ3) is 4.22. The molecule has 0 spiro atoms. The van der Waals surface area contributed by atoms with E-state index in [1.54, 1.807) is 25.2 Å². The summed E-state index contributed by atoms with van der Waals surface area (Å²) in [5, 5.41) is 5.47. The van der Waals surface area contributed by atoms with Crippen LogP contribution in [0.15, 0.2) is 41.3 Å². The molecule has 2 aromatic rings. The summed E-state index contributed by atoms with van der Waals surface area (Å²) >= 11 is 1.01. The lowest BCUT2D eigenvalue weighted by Gasteiger charge is -2.22. The molecule has 1 unspecified atom stereocenters. The van der Waals surface area contributed by atoms with E-state index in [1.165, 1.54) is 4.90 Å². The summed E-state index contributed by atoms with van der Waals surface area (Å²) in [5.74, 6) is -1.81. The average molecular weight is 352 g/mol. The van der Waals surface area contributed by atoms with Crippen LogP contribution >= 0.6 is 11.9 Å². The van der Waals surface area contributed by atoms with Crippen LogP contribution in [0.25, 0.3) is 0 Å². The Balaban J connectivity index is 2.13. The molecule has 2 aromatic carbocycles. The number of halogens is 2. The number of nitrogens with two attached hydrogens (primary N) is 3. The number of nitrogen functional groups attached to an aromatic ring is 1. The van der Waals surface area contributed by atoms with Crippen molar-refractivity contribution in [2.75, 3.05) is 17.7 Å². The van der Waals surface area contributed by atoms with Crippen LogP contribution in [0, 0.1) is 11.6 Å². The van der Waals surface area contributed by atoms with Gasteiger partial charge in [0.15, 0.2) is 0 Å². The zero-order chi connectivity index (χ0) is 17.9. The van der Waals surface area contributed by atoms with Crippen LogP contribution in [0.5, 0.6) is 0 Å². The van der Waals surface area contributed by atoms with Gasteiger partial charge >= 0.3 is 0 Å². The van der Waals surface area contributed by atoms with Gasteiger partial charge in [-0.2, -0.15) is 0 Å². The first-order valence-corrected chi connectivity index (χ1v) is 7.94.